The van der Waals surface area contributed by atoms with Crippen molar-refractivity contribution in [2.45, 2.75) is 50.5 Å². The molecule has 0 radical (unpaired) electrons. The Morgan fingerprint density at radius 3 is 1.70 bits per heavy atom. The predicted octanol–water partition coefficient (Wildman–Crippen LogP) is 16.2. The average molecular weight is 786 g/mol. The monoisotopic (exact) mass is 785 g/mol. The highest BCUT2D eigenvalue weighted by Crippen LogP contribution is 2.62. The lowest BCUT2D eigenvalue weighted by Crippen LogP contribution is -2.54. The molecule has 0 amide bonds. The highest BCUT2D eigenvalue weighted by Gasteiger charge is 2.57. The number of methoxy groups -OCH3 is 1. The van der Waals surface area contributed by atoms with E-state index in [1.807, 2.05) is 0 Å². The Labute approximate surface area is 358 Å². The van der Waals surface area contributed by atoms with Crippen LogP contribution in [0.2, 0.25) is 0 Å². The Bertz CT molecular complexity index is 3330. The molecule has 2 nitrogen and oxygen atoms in total. The number of fused-ring (bicyclic) bond motifs is 4. The van der Waals surface area contributed by atoms with Gasteiger partial charge in [0.1, 0.15) is 5.75 Å². The highest BCUT2D eigenvalue weighted by atomic mass is 16.5. The van der Waals surface area contributed by atoms with Crippen LogP contribution < -0.4 is 9.64 Å². The molecule has 0 bridgehead atoms. The topological polar surface area (TPSA) is 12.5 Å². The molecule has 2 heteroatoms. The van der Waals surface area contributed by atoms with Gasteiger partial charge < -0.3 is 9.64 Å². The molecule has 10 aromatic carbocycles. The molecule has 1 aliphatic carbocycles. The maximum absolute atomic E-state index is 5.77. The van der Waals surface area contributed by atoms with Crippen molar-refractivity contribution in [1.29, 1.82) is 0 Å². The van der Waals surface area contributed by atoms with Gasteiger partial charge in [0.15, 0.2) is 0 Å². The standard InChI is InChI=1S/C59H47NO/c1-58-32-12-13-33-59(58,2)60(42-22-15-23-43(35-42)61-3)55-31-26-41(34-54(55)58)52-36-50(39-16-6-4-7-17-39)46-29-30-49-53(45-25-14-21-38-20-10-11-24-44(38)45)37-51(40-18-8-5-9-19-40)47-27-28-48(52)56(46)57(47)49/h4-11,14-31,34-37H,12-13,32-33H2,1-3H3. The zero-order valence-electron chi connectivity index (χ0n) is 35.0. The lowest BCUT2D eigenvalue weighted by Gasteiger charge is -2.50. The zero-order chi connectivity index (χ0) is 40.9. The molecule has 0 aromatic heterocycles. The van der Waals surface area contributed by atoms with E-state index in [0.717, 1.165) is 18.6 Å². The van der Waals surface area contributed by atoms with E-state index in [1.54, 1.807) is 7.11 Å². The molecule has 61 heavy (non-hydrogen) atoms. The molecule has 1 heterocycles. The molecule has 2 atom stereocenters. The first kappa shape index (κ1) is 36.0. The number of anilines is 2. The summed E-state index contributed by atoms with van der Waals surface area (Å²) in [5.41, 5.74) is 13.9. The second kappa shape index (κ2) is 13.6. The molecular weight excluding hydrogens is 739 g/mol. The Morgan fingerprint density at radius 2 is 1.02 bits per heavy atom. The molecule has 0 spiro atoms. The van der Waals surface area contributed by atoms with Gasteiger partial charge in [0.05, 0.1) is 12.6 Å². The van der Waals surface area contributed by atoms with Gasteiger partial charge in [-0.3, -0.25) is 0 Å². The molecule has 1 fully saturated rings. The van der Waals surface area contributed by atoms with Crippen LogP contribution in [0.25, 0.3) is 87.6 Å². The van der Waals surface area contributed by atoms with Gasteiger partial charge >= 0.3 is 0 Å². The molecule has 2 unspecified atom stereocenters. The summed E-state index contributed by atoms with van der Waals surface area (Å²) in [6.07, 6.45) is 4.77. The molecule has 0 N–H and O–H groups in total. The van der Waals surface area contributed by atoms with Gasteiger partial charge in [-0.15, -0.1) is 0 Å². The largest absolute Gasteiger partial charge is 0.497 e. The molecule has 294 valence electrons. The van der Waals surface area contributed by atoms with Crippen LogP contribution >= 0.6 is 0 Å². The number of rotatable bonds is 6. The van der Waals surface area contributed by atoms with E-state index in [9.17, 15) is 0 Å². The van der Waals surface area contributed by atoms with Gasteiger partial charge in [0.25, 0.3) is 0 Å². The summed E-state index contributed by atoms with van der Waals surface area (Å²) in [4.78, 5) is 2.65. The van der Waals surface area contributed by atoms with Crippen molar-refractivity contribution in [3.05, 3.63) is 188 Å². The van der Waals surface area contributed by atoms with Crippen molar-refractivity contribution in [2.24, 2.45) is 0 Å². The van der Waals surface area contributed by atoms with E-state index in [1.165, 1.54) is 117 Å². The lowest BCUT2D eigenvalue weighted by atomic mass is 9.61. The first-order valence-electron chi connectivity index (χ1n) is 21.9. The van der Waals surface area contributed by atoms with Crippen molar-refractivity contribution in [3.8, 4) is 50.3 Å². The normalized spacial score (nSPS) is 18.6. The van der Waals surface area contributed by atoms with Crippen LogP contribution in [0.3, 0.4) is 0 Å². The second-order valence-electron chi connectivity index (χ2n) is 17.9. The van der Waals surface area contributed by atoms with Crippen molar-refractivity contribution in [1.82, 2.24) is 0 Å². The number of ether oxygens (including phenoxy) is 1. The van der Waals surface area contributed by atoms with E-state index in [0.29, 0.717) is 0 Å². The summed E-state index contributed by atoms with van der Waals surface area (Å²) in [5.74, 6) is 0.893. The molecule has 1 aliphatic heterocycles. The first-order valence-corrected chi connectivity index (χ1v) is 21.9. The third-order valence-corrected chi connectivity index (χ3v) is 14.9. The number of benzene rings is 10. The Morgan fingerprint density at radius 1 is 0.443 bits per heavy atom. The van der Waals surface area contributed by atoms with Crippen LogP contribution in [0, 0.1) is 0 Å². The van der Waals surface area contributed by atoms with E-state index in [4.69, 9.17) is 4.74 Å². The van der Waals surface area contributed by atoms with Gasteiger partial charge in [0, 0.05) is 22.9 Å². The van der Waals surface area contributed by atoms with Crippen LogP contribution in [0.1, 0.15) is 45.1 Å². The Kier molecular flexibility index (Phi) is 8.00. The first-order chi connectivity index (χ1) is 29.9. The number of hydrogen-bond acceptors (Lipinski definition) is 2. The lowest BCUT2D eigenvalue weighted by molar-refractivity contribution is 0.195. The van der Waals surface area contributed by atoms with Crippen LogP contribution in [0.4, 0.5) is 11.4 Å². The highest BCUT2D eigenvalue weighted by molar-refractivity contribution is 6.32. The van der Waals surface area contributed by atoms with Gasteiger partial charge in [-0.2, -0.15) is 0 Å². The van der Waals surface area contributed by atoms with Crippen LogP contribution in [0.5, 0.6) is 5.75 Å². The van der Waals surface area contributed by atoms with Gasteiger partial charge in [0.2, 0.25) is 0 Å². The summed E-state index contributed by atoms with van der Waals surface area (Å²) < 4.78 is 5.77. The summed E-state index contributed by atoms with van der Waals surface area (Å²) in [6, 6.07) is 68.2. The maximum atomic E-state index is 5.77. The van der Waals surface area contributed by atoms with E-state index >= 15 is 0 Å². The van der Waals surface area contributed by atoms with E-state index in [-0.39, 0.29) is 11.0 Å². The third-order valence-electron chi connectivity index (χ3n) is 14.9. The second-order valence-corrected chi connectivity index (χ2v) is 17.9. The molecule has 1 saturated carbocycles. The minimum atomic E-state index is -0.0672. The fraction of sp³-hybridized carbons (Fsp3) is 0.153. The van der Waals surface area contributed by atoms with E-state index < -0.39 is 0 Å². The fourth-order valence-corrected chi connectivity index (χ4v) is 11.7. The van der Waals surface area contributed by atoms with Crippen molar-refractivity contribution in [3.63, 3.8) is 0 Å². The smallest absolute Gasteiger partial charge is 0.120 e. The van der Waals surface area contributed by atoms with Crippen LogP contribution in [0.15, 0.2) is 182 Å². The molecule has 10 aromatic rings. The molecule has 2 aliphatic rings. The average Bonchev–Trinajstić information content (AvgIpc) is 3.53. The molecule has 12 rings (SSSR count). The van der Waals surface area contributed by atoms with Crippen molar-refractivity contribution >= 4 is 54.5 Å². The van der Waals surface area contributed by atoms with Crippen LogP contribution in [-0.2, 0) is 5.41 Å². The van der Waals surface area contributed by atoms with Crippen molar-refractivity contribution < 1.29 is 4.74 Å². The van der Waals surface area contributed by atoms with Crippen LogP contribution in [-0.4, -0.2) is 12.6 Å². The van der Waals surface area contributed by atoms with Gasteiger partial charge in [-0.05, 0) is 149 Å². The Hall–Kier alpha value is -6.90. The van der Waals surface area contributed by atoms with Gasteiger partial charge in [-0.1, -0.05) is 159 Å². The van der Waals surface area contributed by atoms with Crippen molar-refractivity contribution in [2.75, 3.05) is 12.0 Å². The number of hydrogen-bond donors (Lipinski definition) is 0. The Balaban J connectivity index is 1.17. The fourth-order valence-electron chi connectivity index (χ4n) is 11.7. The third kappa shape index (κ3) is 5.21. The van der Waals surface area contributed by atoms with Gasteiger partial charge in [-0.25, -0.2) is 0 Å². The summed E-state index contributed by atoms with van der Waals surface area (Å²) in [7, 11) is 1.77. The molecular formula is C59H47NO. The quantitative estimate of drug-likeness (QED) is 0.156. The number of nitrogens with zero attached hydrogens (tertiary/aromatic N) is 1. The molecule has 0 saturated heterocycles. The maximum Gasteiger partial charge on any atom is 0.120 e. The summed E-state index contributed by atoms with van der Waals surface area (Å²) in [6.45, 7) is 5.04. The van der Waals surface area contributed by atoms with E-state index in [2.05, 4.69) is 201 Å². The minimum absolute atomic E-state index is 0.0241. The zero-order valence-corrected chi connectivity index (χ0v) is 35.0. The SMILES string of the molecule is COc1cccc(N2c3ccc(-c4cc(-c5ccccc5)c5ccc6c(-c7cccc8ccccc78)cc(-c7ccccc7)c7ccc4c5c76)cc3C3(C)CCCCC23C)c1. The minimum Gasteiger partial charge on any atom is -0.497 e. The summed E-state index contributed by atoms with van der Waals surface area (Å²) >= 11 is 0. The predicted molar refractivity (Wildman–Crippen MR) is 259 cm³/mol. The summed E-state index contributed by atoms with van der Waals surface area (Å²) in [5, 5.41) is 10.3.